The molecule has 0 unspecified atom stereocenters. The summed E-state index contributed by atoms with van der Waals surface area (Å²) in [7, 11) is 0. The molecular formula is C12H10N4. The molecule has 0 amide bonds. The summed E-state index contributed by atoms with van der Waals surface area (Å²) in [6.07, 6.45) is 3.41. The molecule has 0 radical (unpaired) electrons. The van der Waals surface area contributed by atoms with Gasteiger partial charge >= 0.3 is 0 Å². The van der Waals surface area contributed by atoms with Crippen LogP contribution in [0.2, 0.25) is 0 Å². The maximum absolute atomic E-state index is 8.71. The number of benzene rings is 1. The van der Waals surface area contributed by atoms with Crippen LogP contribution in [0.1, 0.15) is 5.56 Å². The van der Waals surface area contributed by atoms with E-state index in [4.69, 9.17) is 11.0 Å². The molecule has 0 bridgehead atoms. The molecule has 1 heterocycles. The number of nitriles is 1. The van der Waals surface area contributed by atoms with Gasteiger partial charge in [0, 0.05) is 6.20 Å². The van der Waals surface area contributed by atoms with Gasteiger partial charge in [-0.05, 0) is 30.3 Å². The Labute approximate surface area is 93.4 Å². The molecule has 0 saturated carbocycles. The Balaban J connectivity index is 2.27. The van der Waals surface area contributed by atoms with Crippen LogP contribution in [-0.4, -0.2) is 4.98 Å². The quantitative estimate of drug-likeness (QED) is 0.745. The van der Waals surface area contributed by atoms with Crippen LogP contribution in [0.15, 0.2) is 42.7 Å². The second kappa shape index (κ2) is 4.32. The van der Waals surface area contributed by atoms with Crippen LogP contribution in [-0.2, 0) is 0 Å². The van der Waals surface area contributed by atoms with Crippen LogP contribution in [0, 0.1) is 11.3 Å². The van der Waals surface area contributed by atoms with Crippen molar-refractivity contribution in [3.05, 3.63) is 48.3 Å². The van der Waals surface area contributed by atoms with E-state index in [9.17, 15) is 0 Å². The molecule has 3 N–H and O–H groups in total. The van der Waals surface area contributed by atoms with Crippen molar-refractivity contribution in [3.8, 4) is 6.07 Å². The Hall–Kier alpha value is -2.54. The van der Waals surface area contributed by atoms with E-state index in [2.05, 4.69) is 10.3 Å². The summed E-state index contributed by atoms with van der Waals surface area (Å²) < 4.78 is 0. The fraction of sp³-hybridized carbons (Fsp3) is 0. The molecule has 0 aliphatic rings. The molecule has 1 aromatic carbocycles. The number of nitrogens with one attached hydrogen (secondary N) is 1. The summed E-state index contributed by atoms with van der Waals surface area (Å²) in [4.78, 5) is 3.99. The molecule has 2 rings (SSSR count). The monoisotopic (exact) mass is 210 g/mol. The Morgan fingerprint density at radius 1 is 1.31 bits per heavy atom. The van der Waals surface area contributed by atoms with E-state index < -0.39 is 0 Å². The van der Waals surface area contributed by atoms with E-state index in [1.54, 1.807) is 30.6 Å². The lowest BCUT2D eigenvalue weighted by molar-refractivity contribution is 1.32. The highest BCUT2D eigenvalue weighted by molar-refractivity contribution is 5.73. The topological polar surface area (TPSA) is 74.7 Å². The van der Waals surface area contributed by atoms with E-state index in [0.29, 0.717) is 11.3 Å². The highest BCUT2D eigenvalue weighted by Gasteiger charge is 2.00. The Bertz CT molecular complexity index is 528. The highest BCUT2D eigenvalue weighted by Crippen LogP contribution is 2.23. The number of nitrogens with zero attached hydrogens (tertiary/aromatic N) is 2. The summed E-state index contributed by atoms with van der Waals surface area (Å²) in [5.41, 5.74) is 8.54. The predicted molar refractivity (Wildman–Crippen MR) is 63.1 cm³/mol. The molecule has 16 heavy (non-hydrogen) atoms. The fourth-order valence-electron chi connectivity index (χ4n) is 1.34. The average Bonchev–Trinajstić information content (AvgIpc) is 2.33. The minimum atomic E-state index is 0.544. The molecule has 4 heteroatoms. The number of rotatable bonds is 2. The summed E-state index contributed by atoms with van der Waals surface area (Å²) in [6, 6.07) is 10.9. The molecule has 78 valence electrons. The molecule has 4 nitrogen and oxygen atoms in total. The number of hydrogen-bond donors (Lipinski definition) is 2. The van der Waals surface area contributed by atoms with Gasteiger partial charge in [-0.2, -0.15) is 5.26 Å². The van der Waals surface area contributed by atoms with Crippen LogP contribution in [0.3, 0.4) is 0 Å². The molecule has 2 aromatic rings. The average molecular weight is 210 g/mol. The van der Waals surface area contributed by atoms with Gasteiger partial charge in [0.1, 0.15) is 0 Å². The lowest BCUT2D eigenvalue weighted by Gasteiger charge is -2.08. The van der Waals surface area contributed by atoms with Crippen molar-refractivity contribution in [3.63, 3.8) is 0 Å². The van der Waals surface area contributed by atoms with E-state index >= 15 is 0 Å². The van der Waals surface area contributed by atoms with Gasteiger partial charge in [0.05, 0.1) is 34.9 Å². The van der Waals surface area contributed by atoms with Crippen LogP contribution in [0.25, 0.3) is 0 Å². The van der Waals surface area contributed by atoms with Crippen molar-refractivity contribution in [1.82, 2.24) is 4.98 Å². The van der Waals surface area contributed by atoms with Crippen molar-refractivity contribution >= 4 is 17.1 Å². The molecule has 0 fully saturated rings. The number of anilines is 3. The highest BCUT2D eigenvalue weighted by atomic mass is 14.9. The lowest BCUT2D eigenvalue weighted by Crippen LogP contribution is -1.96. The van der Waals surface area contributed by atoms with Gasteiger partial charge < -0.3 is 11.1 Å². The second-order valence-electron chi connectivity index (χ2n) is 3.28. The summed E-state index contributed by atoms with van der Waals surface area (Å²) in [6.45, 7) is 0. The van der Waals surface area contributed by atoms with Crippen LogP contribution in [0.4, 0.5) is 17.1 Å². The van der Waals surface area contributed by atoms with Crippen molar-refractivity contribution in [2.24, 2.45) is 0 Å². The standard InChI is InChI=1S/C12H10N4/c13-7-9-3-4-12(11(14)6-9)16-10-2-1-5-15-8-10/h1-6,8,16H,14H2. The van der Waals surface area contributed by atoms with Crippen molar-refractivity contribution in [2.45, 2.75) is 0 Å². The van der Waals surface area contributed by atoms with Crippen molar-refractivity contribution < 1.29 is 0 Å². The number of hydrogen-bond acceptors (Lipinski definition) is 4. The molecule has 1 aromatic heterocycles. The fourth-order valence-corrected chi connectivity index (χ4v) is 1.34. The van der Waals surface area contributed by atoms with E-state index in [1.807, 2.05) is 18.2 Å². The zero-order valence-electron chi connectivity index (χ0n) is 8.51. The molecule has 0 atom stereocenters. The Kier molecular flexibility index (Phi) is 2.70. The number of pyridine rings is 1. The molecule has 0 aliphatic heterocycles. The third kappa shape index (κ3) is 2.10. The zero-order valence-corrected chi connectivity index (χ0v) is 8.51. The first-order chi connectivity index (χ1) is 7.79. The van der Waals surface area contributed by atoms with E-state index in [1.165, 1.54) is 0 Å². The van der Waals surface area contributed by atoms with Crippen LogP contribution in [0.5, 0.6) is 0 Å². The van der Waals surface area contributed by atoms with Gasteiger partial charge in [-0.25, -0.2) is 0 Å². The summed E-state index contributed by atoms with van der Waals surface area (Å²) >= 11 is 0. The van der Waals surface area contributed by atoms with Gasteiger partial charge in [0.25, 0.3) is 0 Å². The van der Waals surface area contributed by atoms with E-state index in [-0.39, 0.29) is 0 Å². The number of aromatic nitrogens is 1. The van der Waals surface area contributed by atoms with Crippen LogP contribution >= 0.6 is 0 Å². The van der Waals surface area contributed by atoms with Crippen molar-refractivity contribution in [2.75, 3.05) is 11.1 Å². The van der Waals surface area contributed by atoms with E-state index in [0.717, 1.165) is 11.4 Å². The zero-order chi connectivity index (χ0) is 11.4. The maximum atomic E-state index is 8.71. The number of nitrogen functional groups attached to an aromatic ring is 1. The lowest BCUT2D eigenvalue weighted by atomic mass is 10.2. The maximum Gasteiger partial charge on any atom is 0.0992 e. The second-order valence-corrected chi connectivity index (χ2v) is 3.28. The number of nitrogens with two attached hydrogens (primary N) is 1. The normalized spacial score (nSPS) is 9.44. The first-order valence-corrected chi connectivity index (χ1v) is 4.76. The summed E-state index contributed by atoms with van der Waals surface area (Å²) in [5, 5.41) is 11.8. The molecule has 0 aliphatic carbocycles. The summed E-state index contributed by atoms with van der Waals surface area (Å²) in [5.74, 6) is 0. The molecule has 0 spiro atoms. The Morgan fingerprint density at radius 3 is 2.81 bits per heavy atom. The van der Waals surface area contributed by atoms with Crippen LogP contribution < -0.4 is 11.1 Å². The van der Waals surface area contributed by atoms with Gasteiger partial charge in [-0.1, -0.05) is 0 Å². The van der Waals surface area contributed by atoms with Gasteiger partial charge in [-0.3, -0.25) is 4.98 Å². The molecular weight excluding hydrogens is 200 g/mol. The first-order valence-electron chi connectivity index (χ1n) is 4.76. The van der Waals surface area contributed by atoms with Gasteiger partial charge in [0.15, 0.2) is 0 Å². The smallest absolute Gasteiger partial charge is 0.0992 e. The SMILES string of the molecule is N#Cc1ccc(Nc2cccnc2)c(N)c1. The third-order valence-corrected chi connectivity index (χ3v) is 2.12. The minimum absolute atomic E-state index is 0.544. The Morgan fingerprint density at radius 2 is 2.19 bits per heavy atom. The molecule has 0 saturated heterocycles. The third-order valence-electron chi connectivity index (χ3n) is 2.12. The van der Waals surface area contributed by atoms with Gasteiger partial charge in [0.2, 0.25) is 0 Å². The first kappa shape index (κ1) is 9.99. The largest absolute Gasteiger partial charge is 0.397 e. The van der Waals surface area contributed by atoms with Crippen molar-refractivity contribution in [1.29, 1.82) is 5.26 Å². The minimum Gasteiger partial charge on any atom is -0.397 e. The van der Waals surface area contributed by atoms with Gasteiger partial charge in [-0.15, -0.1) is 0 Å². The predicted octanol–water partition coefficient (Wildman–Crippen LogP) is 2.28.